The van der Waals surface area contributed by atoms with Gasteiger partial charge in [-0.3, -0.25) is 4.79 Å². The van der Waals surface area contributed by atoms with Gasteiger partial charge in [-0.15, -0.1) is 0 Å². The number of nitrogens with two attached hydrogens (primary N) is 1. The van der Waals surface area contributed by atoms with Crippen LogP contribution in [-0.2, 0) is 16.4 Å². The van der Waals surface area contributed by atoms with E-state index >= 15 is 0 Å². The standard InChI is InChI=1S/C22H19FN2O3S/c23-17-5-3-4-16(14-17)21-19-6-1-2-7-20(19)22(26)25(21)13-12-15-8-10-18(11-9-15)29(24,27)28/h1-11,14,21H,12-13H2,(H2,24,27,28). The van der Waals surface area contributed by atoms with Crippen molar-refractivity contribution in [3.63, 3.8) is 0 Å². The fourth-order valence-corrected chi connectivity index (χ4v) is 4.25. The van der Waals surface area contributed by atoms with Crippen molar-refractivity contribution in [3.8, 4) is 0 Å². The van der Waals surface area contributed by atoms with E-state index in [4.69, 9.17) is 5.14 Å². The molecule has 148 valence electrons. The first-order valence-corrected chi connectivity index (χ1v) is 10.7. The first-order chi connectivity index (χ1) is 13.8. The molecule has 0 fully saturated rings. The first kappa shape index (κ1) is 19.3. The van der Waals surface area contributed by atoms with Gasteiger partial charge in [0.1, 0.15) is 5.82 Å². The van der Waals surface area contributed by atoms with Crippen molar-refractivity contribution in [2.45, 2.75) is 17.4 Å². The number of hydrogen-bond donors (Lipinski definition) is 1. The number of hydrogen-bond acceptors (Lipinski definition) is 3. The van der Waals surface area contributed by atoms with Crippen molar-refractivity contribution >= 4 is 15.9 Å². The van der Waals surface area contributed by atoms with Crippen LogP contribution in [-0.4, -0.2) is 25.8 Å². The van der Waals surface area contributed by atoms with Crippen LogP contribution in [0, 0.1) is 5.82 Å². The van der Waals surface area contributed by atoms with E-state index in [2.05, 4.69) is 0 Å². The van der Waals surface area contributed by atoms with E-state index in [0.29, 0.717) is 24.1 Å². The third-order valence-corrected chi connectivity index (χ3v) is 6.05. The van der Waals surface area contributed by atoms with Crippen molar-refractivity contribution in [3.05, 3.63) is 101 Å². The van der Waals surface area contributed by atoms with E-state index < -0.39 is 10.0 Å². The lowest BCUT2D eigenvalue weighted by atomic mass is 9.97. The van der Waals surface area contributed by atoms with E-state index in [1.165, 1.54) is 24.3 Å². The van der Waals surface area contributed by atoms with Gasteiger partial charge in [0.15, 0.2) is 0 Å². The Hall–Kier alpha value is -3.03. The number of carbonyl (C=O) groups is 1. The lowest BCUT2D eigenvalue weighted by molar-refractivity contribution is 0.0751. The lowest BCUT2D eigenvalue weighted by Crippen LogP contribution is -2.31. The number of halogens is 1. The number of benzene rings is 3. The molecule has 2 N–H and O–H groups in total. The second-order valence-corrected chi connectivity index (χ2v) is 8.54. The number of nitrogens with zero attached hydrogens (tertiary/aromatic N) is 1. The van der Waals surface area contributed by atoms with Crippen LogP contribution in [0.25, 0.3) is 0 Å². The molecule has 7 heteroatoms. The fraction of sp³-hybridized carbons (Fsp3) is 0.136. The maximum atomic E-state index is 13.8. The topological polar surface area (TPSA) is 80.5 Å². The molecular weight excluding hydrogens is 391 g/mol. The van der Waals surface area contributed by atoms with Gasteiger partial charge in [-0.05, 0) is 53.4 Å². The minimum atomic E-state index is -3.74. The number of primary sulfonamides is 1. The second kappa shape index (κ2) is 7.42. The smallest absolute Gasteiger partial charge is 0.255 e. The highest BCUT2D eigenvalue weighted by Gasteiger charge is 2.37. The third-order valence-electron chi connectivity index (χ3n) is 5.12. The van der Waals surface area contributed by atoms with Crippen LogP contribution >= 0.6 is 0 Å². The Morgan fingerprint density at radius 1 is 0.966 bits per heavy atom. The predicted octanol–water partition coefficient (Wildman–Crippen LogP) is 3.26. The largest absolute Gasteiger partial charge is 0.327 e. The van der Waals surface area contributed by atoms with E-state index in [1.807, 2.05) is 24.3 Å². The van der Waals surface area contributed by atoms with Gasteiger partial charge in [-0.25, -0.2) is 17.9 Å². The second-order valence-electron chi connectivity index (χ2n) is 6.98. The van der Waals surface area contributed by atoms with Crippen LogP contribution < -0.4 is 5.14 Å². The molecule has 5 nitrogen and oxygen atoms in total. The summed E-state index contributed by atoms with van der Waals surface area (Å²) in [5.74, 6) is -0.450. The predicted molar refractivity (Wildman–Crippen MR) is 107 cm³/mol. The summed E-state index contributed by atoms with van der Waals surface area (Å²) in [5.41, 5.74) is 3.06. The summed E-state index contributed by atoms with van der Waals surface area (Å²) < 4.78 is 36.6. The molecule has 1 heterocycles. The Morgan fingerprint density at radius 2 is 1.69 bits per heavy atom. The number of amides is 1. The molecule has 4 rings (SSSR count). The summed E-state index contributed by atoms with van der Waals surface area (Å²) >= 11 is 0. The highest BCUT2D eigenvalue weighted by atomic mass is 32.2. The van der Waals surface area contributed by atoms with Gasteiger partial charge in [0.05, 0.1) is 10.9 Å². The minimum absolute atomic E-state index is 0.0449. The molecule has 29 heavy (non-hydrogen) atoms. The Kier molecular flexibility index (Phi) is 4.94. The molecule has 1 aliphatic rings. The molecule has 0 bridgehead atoms. The summed E-state index contributed by atoms with van der Waals surface area (Å²) in [7, 11) is -3.74. The van der Waals surface area contributed by atoms with Gasteiger partial charge in [0.25, 0.3) is 5.91 Å². The van der Waals surface area contributed by atoms with Gasteiger partial charge in [0.2, 0.25) is 10.0 Å². The Balaban J connectivity index is 1.62. The van der Waals surface area contributed by atoms with Crippen molar-refractivity contribution < 1.29 is 17.6 Å². The average molecular weight is 410 g/mol. The molecule has 0 saturated carbocycles. The van der Waals surface area contributed by atoms with Crippen molar-refractivity contribution in [1.29, 1.82) is 0 Å². The summed E-state index contributed by atoms with van der Waals surface area (Å²) in [4.78, 5) is 14.8. The maximum Gasteiger partial charge on any atom is 0.255 e. The van der Waals surface area contributed by atoms with Gasteiger partial charge < -0.3 is 4.90 Å². The molecule has 3 aromatic carbocycles. The zero-order valence-electron chi connectivity index (χ0n) is 15.5. The molecule has 1 amide bonds. The molecule has 0 saturated heterocycles. The first-order valence-electron chi connectivity index (χ1n) is 9.12. The average Bonchev–Trinajstić information content (AvgIpc) is 2.98. The molecule has 0 spiro atoms. The van der Waals surface area contributed by atoms with Crippen molar-refractivity contribution in [2.24, 2.45) is 5.14 Å². The van der Waals surface area contributed by atoms with E-state index in [0.717, 1.165) is 11.1 Å². The van der Waals surface area contributed by atoms with E-state index in [1.54, 1.807) is 29.2 Å². The zero-order chi connectivity index (χ0) is 20.6. The van der Waals surface area contributed by atoms with Gasteiger partial charge in [-0.1, -0.05) is 42.5 Å². The number of sulfonamides is 1. The Bertz CT molecular complexity index is 1180. The van der Waals surface area contributed by atoms with E-state index in [-0.39, 0.29) is 22.7 Å². The quantitative estimate of drug-likeness (QED) is 0.701. The maximum absolute atomic E-state index is 13.8. The summed E-state index contributed by atoms with van der Waals surface area (Å²) in [6.45, 7) is 0.406. The molecule has 3 aromatic rings. The van der Waals surface area contributed by atoms with Crippen LogP contribution in [0.1, 0.15) is 33.1 Å². The molecule has 1 atom stereocenters. The van der Waals surface area contributed by atoms with Gasteiger partial charge in [-0.2, -0.15) is 0 Å². The van der Waals surface area contributed by atoms with Crippen LogP contribution in [0.3, 0.4) is 0 Å². The number of rotatable bonds is 5. The Morgan fingerprint density at radius 3 is 2.38 bits per heavy atom. The molecule has 0 radical (unpaired) electrons. The minimum Gasteiger partial charge on any atom is -0.327 e. The molecule has 0 aromatic heterocycles. The van der Waals surface area contributed by atoms with Crippen LogP contribution in [0.15, 0.2) is 77.7 Å². The van der Waals surface area contributed by atoms with Crippen LogP contribution in [0.2, 0.25) is 0 Å². The van der Waals surface area contributed by atoms with Crippen LogP contribution in [0.5, 0.6) is 0 Å². The highest BCUT2D eigenvalue weighted by molar-refractivity contribution is 7.89. The molecular formula is C22H19FN2O3S. The number of carbonyl (C=O) groups excluding carboxylic acids is 1. The monoisotopic (exact) mass is 410 g/mol. The molecule has 1 unspecified atom stereocenters. The zero-order valence-corrected chi connectivity index (χ0v) is 16.3. The third kappa shape index (κ3) is 3.79. The fourth-order valence-electron chi connectivity index (χ4n) is 3.73. The summed E-state index contributed by atoms with van der Waals surface area (Å²) in [6.07, 6.45) is 0.524. The molecule has 0 aliphatic carbocycles. The summed E-state index contributed by atoms with van der Waals surface area (Å²) in [6, 6.07) is 19.6. The van der Waals surface area contributed by atoms with Gasteiger partial charge >= 0.3 is 0 Å². The Labute approximate surface area is 168 Å². The highest BCUT2D eigenvalue weighted by Crippen LogP contribution is 2.38. The van der Waals surface area contributed by atoms with Crippen molar-refractivity contribution in [1.82, 2.24) is 4.90 Å². The lowest BCUT2D eigenvalue weighted by Gasteiger charge is -2.26. The van der Waals surface area contributed by atoms with Gasteiger partial charge in [0, 0.05) is 12.1 Å². The summed E-state index contributed by atoms with van der Waals surface area (Å²) in [5, 5.41) is 5.13. The van der Waals surface area contributed by atoms with E-state index in [9.17, 15) is 17.6 Å². The molecule has 1 aliphatic heterocycles. The number of fused-ring (bicyclic) bond motifs is 1. The SMILES string of the molecule is NS(=O)(=O)c1ccc(CCN2C(=O)c3ccccc3C2c2cccc(F)c2)cc1. The normalized spacial score (nSPS) is 16.1. The van der Waals surface area contributed by atoms with Crippen LogP contribution in [0.4, 0.5) is 4.39 Å². The van der Waals surface area contributed by atoms with Crippen molar-refractivity contribution in [2.75, 3.05) is 6.54 Å².